The summed E-state index contributed by atoms with van der Waals surface area (Å²) in [7, 11) is 0. The van der Waals surface area contributed by atoms with Crippen molar-refractivity contribution in [1.29, 1.82) is 0 Å². The molecule has 3 aromatic carbocycles. The molecule has 0 bridgehead atoms. The number of hydrogen-bond acceptors (Lipinski definition) is 3. The standard InChI is InChI=1S/C20H17BrClNO3/c21-20-17-4-2-1-3-14(17)5-10-18(20)26-13-19(24)23-11-12-25-16-8-6-15(22)7-9-16/h1-10H,11-13H2,(H,23,24). The van der Waals surface area contributed by atoms with Gasteiger partial charge in [-0.25, -0.2) is 0 Å². The maximum atomic E-state index is 11.9. The van der Waals surface area contributed by atoms with Gasteiger partial charge >= 0.3 is 0 Å². The molecule has 0 radical (unpaired) electrons. The third kappa shape index (κ3) is 4.90. The Morgan fingerprint density at radius 3 is 2.58 bits per heavy atom. The van der Waals surface area contributed by atoms with Crippen molar-refractivity contribution >= 4 is 44.2 Å². The number of halogens is 2. The third-order valence-electron chi connectivity index (χ3n) is 3.69. The molecule has 0 aliphatic carbocycles. The Morgan fingerprint density at radius 1 is 1.00 bits per heavy atom. The van der Waals surface area contributed by atoms with Crippen molar-refractivity contribution in [3.8, 4) is 11.5 Å². The highest BCUT2D eigenvalue weighted by Crippen LogP contribution is 2.32. The van der Waals surface area contributed by atoms with Crippen molar-refractivity contribution in [2.75, 3.05) is 19.8 Å². The minimum Gasteiger partial charge on any atom is -0.492 e. The molecule has 0 unspecified atom stereocenters. The molecule has 3 rings (SSSR count). The summed E-state index contributed by atoms with van der Waals surface area (Å²) in [5.41, 5.74) is 0. The van der Waals surface area contributed by atoms with Crippen LogP contribution in [0.25, 0.3) is 10.8 Å². The van der Waals surface area contributed by atoms with E-state index in [4.69, 9.17) is 21.1 Å². The van der Waals surface area contributed by atoms with Gasteiger partial charge in [-0.15, -0.1) is 0 Å². The van der Waals surface area contributed by atoms with Crippen LogP contribution in [0.1, 0.15) is 0 Å². The number of carbonyl (C=O) groups excluding carboxylic acids is 1. The van der Waals surface area contributed by atoms with Crippen molar-refractivity contribution in [3.05, 3.63) is 70.2 Å². The second kappa shape index (κ2) is 8.92. The van der Waals surface area contributed by atoms with Gasteiger partial charge in [0.2, 0.25) is 0 Å². The summed E-state index contributed by atoms with van der Waals surface area (Å²) in [6, 6.07) is 18.9. The van der Waals surface area contributed by atoms with E-state index in [1.807, 2.05) is 36.4 Å². The molecule has 134 valence electrons. The lowest BCUT2D eigenvalue weighted by atomic mass is 10.1. The maximum Gasteiger partial charge on any atom is 0.258 e. The van der Waals surface area contributed by atoms with Gasteiger partial charge in [0.1, 0.15) is 18.1 Å². The topological polar surface area (TPSA) is 47.6 Å². The molecule has 4 nitrogen and oxygen atoms in total. The molecular weight excluding hydrogens is 418 g/mol. The highest BCUT2D eigenvalue weighted by atomic mass is 79.9. The summed E-state index contributed by atoms with van der Waals surface area (Å²) in [5, 5.41) is 5.57. The van der Waals surface area contributed by atoms with Crippen LogP contribution in [0.2, 0.25) is 5.02 Å². The second-order valence-corrected chi connectivity index (χ2v) is 6.77. The van der Waals surface area contributed by atoms with E-state index in [-0.39, 0.29) is 12.5 Å². The van der Waals surface area contributed by atoms with E-state index in [2.05, 4.69) is 21.2 Å². The largest absolute Gasteiger partial charge is 0.492 e. The van der Waals surface area contributed by atoms with Crippen LogP contribution in [0.15, 0.2) is 65.1 Å². The number of ether oxygens (including phenoxy) is 2. The zero-order chi connectivity index (χ0) is 18.4. The highest BCUT2D eigenvalue weighted by Gasteiger charge is 2.08. The summed E-state index contributed by atoms with van der Waals surface area (Å²) in [4.78, 5) is 11.9. The van der Waals surface area contributed by atoms with Crippen molar-refractivity contribution in [1.82, 2.24) is 5.32 Å². The molecule has 0 saturated carbocycles. The zero-order valence-electron chi connectivity index (χ0n) is 13.9. The molecule has 0 aromatic heterocycles. The Kier molecular flexibility index (Phi) is 6.36. The average Bonchev–Trinajstić information content (AvgIpc) is 2.66. The number of nitrogens with one attached hydrogen (secondary N) is 1. The molecule has 1 amide bonds. The van der Waals surface area contributed by atoms with Crippen LogP contribution in [-0.2, 0) is 4.79 Å². The third-order valence-corrected chi connectivity index (χ3v) is 4.76. The van der Waals surface area contributed by atoms with Gasteiger partial charge in [0, 0.05) is 5.02 Å². The molecule has 0 saturated heterocycles. The van der Waals surface area contributed by atoms with Crippen molar-refractivity contribution in [2.45, 2.75) is 0 Å². The monoisotopic (exact) mass is 433 g/mol. The van der Waals surface area contributed by atoms with E-state index in [0.29, 0.717) is 29.7 Å². The predicted molar refractivity (Wildman–Crippen MR) is 107 cm³/mol. The van der Waals surface area contributed by atoms with Crippen molar-refractivity contribution in [3.63, 3.8) is 0 Å². The second-order valence-electron chi connectivity index (χ2n) is 5.54. The number of benzene rings is 3. The summed E-state index contributed by atoms with van der Waals surface area (Å²) in [5.74, 6) is 1.14. The van der Waals surface area contributed by atoms with E-state index in [1.165, 1.54) is 0 Å². The Balaban J connectivity index is 1.44. The van der Waals surface area contributed by atoms with Crippen molar-refractivity contribution in [2.24, 2.45) is 0 Å². The molecule has 0 spiro atoms. The minimum atomic E-state index is -0.204. The fraction of sp³-hybridized carbons (Fsp3) is 0.150. The predicted octanol–water partition coefficient (Wildman–Crippen LogP) is 4.83. The molecule has 1 N–H and O–H groups in total. The van der Waals surface area contributed by atoms with Crippen LogP contribution < -0.4 is 14.8 Å². The highest BCUT2D eigenvalue weighted by molar-refractivity contribution is 9.10. The molecule has 0 aliphatic rings. The van der Waals surface area contributed by atoms with E-state index in [9.17, 15) is 4.79 Å². The first-order valence-corrected chi connectivity index (χ1v) is 9.26. The SMILES string of the molecule is O=C(COc1ccc2ccccc2c1Br)NCCOc1ccc(Cl)cc1. The first-order chi connectivity index (χ1) is 12.6. The Morgan fingerprint density at radius 2 is 1.77 bits per heavy atom. The lowest BCUT2D eigenvalue weighted by molar-refractivity contribution is -0.123. The molecule has 3 aromatic rings. The Labute approximate surface area is 165 Å². The Hall–Kier alpha value is -2.24. The van der Waals surface area contributed by atoms with Gasteiger partial charge < -0.3 is 14.8 Å². The molecule has 6 heteroatoms. The molecular formula is C20H17BrClNO3. The summed E-state index contributed by atoms with van der Waals surface area (Å²) < 4.78 is 12.0. The quantitative estimate of drug-likeness (QED) is 0.542. The van der Waals surface area contributed by atoms with E-state index < -0.39 is 0 Å². The first kappa shape index (κ1) is 18.5. The van der Waals surface area contributed by atoms with Crippen LogP contribution in [0, 0.1) is 0 Å². The number of fused-ring (bicyclic) bond motifs is 1. The normalized spacial score (nSPS) is 10.5. The fourth-order valence-corrected chi connectivity index (χ4v) is 3.14. The zero-order valence-corrected chi connectivity index (χ0v) is 16.2. The van der Waals surface area contributed by atoms with Crippen LogP contribution in [-0.4, -0.2) is 25.7 Å². The van der Waals surface area contributed by atoms with Gasteiger partial charge in [0.15, 0.2) is 6.61 Å². The minimum absolute atomic E-state index is 0.0577. The van der Waals surface area contributed by atoms with Gasteiger partial charge in [-0.2, -0.15) is 0 Å². The van der Waals surface area contributed by atoms with Crippen LogP contribution >= 0.6 is 27.5 Å². The summed E-state index contributed by atoms with van der Waals surface area (Å²) >= 11 is 9.35. The first-order valence-electron chi connectivity index (χ1n) is 8.08. The van der Waals surface area contributed by atoms with Gasteiger partial charge in [-0.3, -0.25) is 4.79 Å². The lowest BCUT2D eigenvalue weighted by Crippen LogP contribution is -2.32. The molecule has 0 aliphatic heterocycles. The molecule has 0 fully saturated rings. The lowest BCUT2D eigenvalue weighted by Gasteiger charge is -2.11. The molecule has 26 heavy (non-hydrogen) atoms. The van der Waals surface area contributed by atoms with Crippen molar-refractivity contribution < 1.29 is 14.3 Å². The number of rotatable bonds is 7. The number of amides is 1. The van der Waals surface area contributed by atoms with Gasteiger partial charge in [-0.05, 0) is 57.0 Å². The molecule has 0 heterocycles. The molecule has 0 atom stereocenters. The van der Waals surface area contributed by atoms with E-state index in [0.717, 1.165) is 15.2 Å². The Bertz CT molecular complexity index is 899. The van der Waals surface area contributed by atoms with Crippen LogP contribution in [0.5, 0.6) is 11.5 Å². The maximum absolute atomic E-state index is 11.9. The summed E-state index contributed by atoms with van der Waals surface area (Å²) in [6.07, 6.45) is 0. The number of hydrogen-bond donors (Lipinski definition) is 1. The smallest absolute Gasteiger partial charge is 0.258 e. The van der Waals surface area contributed by atoms with Gasteiger partial charge in [-0.1, -0.05) is 41.9 Å². The summed E-state index contributed by atoms with van der Waals surface area (Å²) in [6.45, 7) is 0.703. The fourth-order valence-electron chi connectivity index (χ4n) is 2.41. The average molecular weight is 435 g/mol. The number of carbonyl (C=O) groups is 1. The van der Waals surface area contributed by atoms with Crippen LogP contribution in [0.3, 0.4) is 0 Å². The van der Waals surface area contributed by atoms with Gasteiger partial charge in [0.05, 0.1) is 11.0 Å². The van der Waals surface area contributed by atoms with Gasteiger partial charge in [0.25, 0.3) is 5.91 Å². The van der Waals surface area contributed by atoms with Crippen LogP contribution in [0.4, 0.5) is 0 Å². The van der Waals surface area contributed by atoms with E-state index in [1.54, 1.807) is 24.3 Å². The van der Waals surface area contributed by atoms with E-state index >= 15 is 0 Å².